The first-order valence-electron chi connectivity index (χ1n) is 3.75. The maximum Gasteiger partial charge on any atom is 0.316 e. The highest BCUT2D eigenvalue weighted by Gasteiger charge is 2.35. The molecular weight excluding hydrogens is 144 g/mol. The molecule has 0 aliphatic heterocycles. The van der Waals surface area contributed by atoms with Gasteiger partial charge in [0.05, 0.1) is 7.11 Å². The van der Waals surface area contributed by atoms with Gasteiger partial charge in [0.2, 0.25) is 0 Å². The lowest BCUT2D eigenvalue weighted by Gasteiger charge is -2.03. The van der Waals surface area contributed by atoms with Crippen molar-refractivity contribution in [1.29, 1.82) is 0 Å². The smallest absolute Gasteiger partial charge is 0.316 e. The molecule has 0 aromatic rings. The van der Waals surface area contributed by atoms with Crippen LogP contribution < -0.4 is 0 Å². The van der Waals surface area contributed by atoms with Crippen LogP contribution in [0.3, 0.4) is 0 Å². The van der Waals surface area contributed by atoms with Gasteiger partial charge in [-0.3, -0.25) is 9.59 Å². The number of carbonyl (C=O) groups excluding carboxylic acids is 2. The SMILES string of the molecule is COC(=O)[C@@H]1CC(C)CC1=O. The molecule has 0 aromatic carbocycles. The van der Waals surface area contributed by atoms with Crippen LogP contribution in [0.2, 0.25) is 0 Å². The molecule has 1 saturated carbocycles. The fourth-order valence-electron chi connectivity index (χ4n) is 1.47. The van der Waals surface area contributed by atoms with E-state index in [2.05, 4.69) is 4.74 Å². The summed E-state index contributed by atoms with van der Waals surface area (Å²) in [5.41, 5.74) is 0. The van der Waals surface area contributed by atoms with E-state index in [1.165, 1.54) is 7.11 Å². The van der Waals surface area contributed by atoms with Gasteiger partial charge in [0.25, 0.3) is 0 Å². The third-order valence-corrected chi connectivity index (χ3v) is 2.06. The van der Waals surface area contributed by atoms with Crippen LogP contribution >= 0.6 is 0 Å². The Hall–Kier alpha value is -0.860. The summed E-state index contributed by atoms with van der Waals surface area (Å²) in [5, 5.41) is 0. The highest BCUT2D eigenvalue weighted by molar-refractivity contribution is 6.00. The second-order valence-electron chi connectivity index (χ2n) is 3.09. The van der Waals surface area contributed by atoms with Crippen molar-refractivity contribution in [3.05, 3.63) is 0 Å². The van der Waals surface area contributed by atoms with E-state index in [4.69, 9.17) is 0 Å². The van der Waals surface area contributed by atoms with Crippen molar-refractivity contribution < 1.29 is 14.3 Å². The molecule has 0 amide bonds. The van der Waals surface area contributed by atoms with Crippen LogP contribution in [-0.2, 0) is 14.3 Å². The molecule has 1 unspecified atom stereocenters. The van der Waals surface area contributed by atoms with Gasteiger partial charge in [0.15, 0.2) is 0 Å². The minimum Gasteiger partial charge on any atom is -0.468 e. The van der Waals surface area contributed by atoms with E-state index in [1.54, 1.807) is 0 Å². The molecule has 0 radical (unpaired) electrons. The van der Waals surface area contributed by atoms with Crippen LogP contribution in [0.4, 0.5) is 0 Å². The lowest BCUT2D eigenvalue weighted by Crippen LogP contribution is -2.19. The number of ketones is 1. The predicted molar refractivity (Wildman–Crippen MR) is 38.9 cm³/mol. The fraction of sp³-hybridized carbons (Fsp3) is 0.750. The Labute approximate surface area is 65.7 Å². The van der Waals surface area contributed by atoms with Gasteiger partial charge >= 0.3 is 5.97 Å². The maximum absolute atomic E-state index is 11.1. The molecule has 1 aliphatic carbocycles. The number of rotatable bonds is 1. The summed E-state index contributed by atoms with van der Waals surface area (Å²) in [6, 6.07) is 0. The van der Waals surface area contributed by atoms with Crippen molar-refractivity contribution in [3.8, 4) is 0 Å². The minimum absolute atomic E-state index is 0.0318. The Morgan fingerprint density at radius 2 is 2.27 bits per heavy atom. The monoisotopic (exact) mass is 156 g/mol. The number of hydrogen-bond acceptors (Lipinski definition) is 3. The zero-order valence-electron chi connectivity index (χ0n) is 6.79. The van der Waals surface area contributed by atoms with E-state index in [0.29, 0.717) is 18.8 Å². The normalized spacial score (nSPS) is 30.5. The van der Waals surface area contributed by atoms with Crippen molar-refractivity contribution in [3.63, 3.8) is 0 Å². The molecule has 1 aliphatic rings. The maximum atomic E-state index is 11.1. The molecule has 62 valence electrons. The number of esters is 1. The van der Waals surface area contributed by atoms with Crippen LogP contribution in [0.5, 0.6) is 0 Å². The second kappa shape index (κ2) is 3.03. The molecule has 0 N–H and O–H groups in total. The Balaban J connectivity index is 2.60. The van der Waals surface area contributed by atoms with Gasteiger partial charge in [-0.1, -0.05) is 6.92 Å². The lowest BCUT2D eigenvalue weighted by molar-refractivity contribution is -0.148. The van der Waals surface area contributed by atoms with Gasteiger partial charge in [-0.2, -0.15) is 0 Å². The van der Waals surface area contributed by atoms with E-state index in [-0.39, 0.29) is 11.8 Å². The van der Waals surface area contributed by atoms with Gasteiger partial charge in [0, 0.05) is 6.42 Å². The van der Waals surface area contributed by atoms with Crippen LogP contribution in [0, 0.1) is 11.8 Å². The number of hydrogen-bond donors (Lipinski definition) is 0. The molecule has 1 rings (SSSR count). The molecule has 0 aromatic heterocycles. The van der Waals surface area contributed by atoms with E-state index < -0.39 is 5.92 Å². The van der Waals surface area contributed by atoms with Crippen molar-refractivity contribution >= 4 is 11.8 Å². The average molecular weight is 156 g/mol. The van der Waals surface area contributed by atoms with Crippen molar-refractivity contribution in [2.75, 3.05) is 7.11 Å². The third-order valence-electron chi connectivity index (χ3n) is 2.06. The van der Waals surface area contributed by atoms with Gasteiger partial charge in [-0.05, 0) is 12.3 Å². The van der Waals surface area contributed by atoms with Gasteiger partial charge in [-0.25, -0.2) is 0 Å². The minimum atomic E-state index is -0.477. The largest absolute Gasteiger partial charge is 0.468 e. The fourth-order valence-corrected chi connectivity index (χ4v) is 1.47. The first-order chi connectivity index (χ1) is 5.15. The summed E-state index contributed by atoms with van der Waals surface area (Å²) in [5.74, 6) is -0.481. The van der Waals surface area contributed by atoms with Crippen LogP contribution in [0.15, 0.2) is 0 Å². The standard InChI is InChI=1S/C8H12O3/c1-5-3-6(7(9)4-5)8(10)11-2/h5-6H,3-4H2,1-2H3/t5?,6-/m1/s1. The molecule has 0 saturated heterocycles. The summed E-state index contributed by atoms with van der Waals surface area (Å²) in [6.07, 6.45) is 1.19. The number of Topliss-reactive ketones (excluding diaryl/α,β-unsaturated/α-hetero) is 1. The number of ether oxygens (including phenoxy) is 1. The number of carbonyl (C=O) groups is 2. The number of methoxy groups -OCH3 is 1. The highest BCUT2D eigenvalue weighted by Crippen LogP contribution is 2.27. The highest BCUT2D eigenvalue weighted by atomic mass is 16.5. The van der Waals surface area contributed by atoms with Gasteiger partial charge < -0.3 is 4.74 Å². The van der Waals surface area contributed by atoms with Crippen molar-refractivity contribution in [1.82, 2.24) is 0 Å². The van der Waals surface area contributed by atoms with Crippen LogP contribution in [-0.4, -0.2) is 18.9 Å². The summed E-state index contributed by atoms with van der Waals surface area (Å²) >= 11 is 0. The molecular formula is C8H12O3. The molecule has 1 fully saturated rings. The molecule has 2 atom stereocenters. The zero-order valence-corrected chi connectivity index (χ0v) is 6.79. The molecule has 0 spiro atoms. The summed E-state index contributed by atoms with van der Waals surface area (Å²) < 4.78 is 4.49. The van der Waals surface area contributed by atoms with E-state index in [0.717, 1.165) is 0 Å². The Kier molecular flexibility index (Phi) is 2.27. The van der Waals surface area contributed by atoms with Crippen LogP contribution in [0.25, 0.3) is 0 Å². The second-order valence-corrected chi connectivity index (χ2v) is 3.09. The Morgan fingerprint density at radius 1 is 1.64 bits per heavy atom. The average Bonchev–Trinajstić information content (AvgIpc) is 2.28. The van der Waals surface area contributed by atoms with E-state index >= 15 is 0 Å². The summed E-state index contributed by atoms with van der Waals surface area (Å²) in [7, 11) is 1.32. The van der Waals surface area contributed by atoms with Crippen molar-refractivity contribution in [2.24, 2.45) is 11.8 Å². The van der Waals surface area contributed by atoms with Crippen molar-refractivity contribution in [2.45, 2.75) is 19.8 Å². The Morgan fingerprint density at radius 3 is 2.64 bits per heavy atom. The Bertz CT molecular complexity index is 178. The molecule has 0 bridgehead atoms. The molecule has 3 nitrogen and oxygen atoms in total. The lowest BCUT2D eigenvalue weighted by atomic mass is 10.1. The van der Waals surface area contributed by atoms with Gasteiger partial charge in [0.1, 0.15) is 11.7 Å². The first-order valence-corrected chi connectivity index (χ1v) is 3.75. The topological polar surface area (TPSA) is 43.4 Å². The molecule has 0 heterocycles. The summed E-state index contributed by atoms with van der Waals surface area (Å²) in [6.45, 7) is 1.97. The first kappa shape index (κ1) is 8.24. The zero-order chi connectivity index (χ0) is 8.43. The molecule has 3 heteroatoms. The van der Waals surface area contributed by atoms with E-state index in [9.17, 15) is 9.59 Å². The third kappa shape index (κ3) is 1.59. The van der Waals surface area contributed by atoms with Gasteiger partial charge in [-0.15, -0.1) is 0 Å². The predicted octanol–water partition coefficient (Wildman–Crippen LogP) is 0.775. The van der Waals surface area contributed by atoms with E-state index in [1.807, 2.05) is 6.92 Å². The van der Waals surface area contributed by atoms with Crippen LogP contribution in [0.1, 0.15) is 19.8 Å². The quantitative estimate of drug-likeness (QED) is 0.416. The molecule has 11 heavy (non-hydrogen) atoms. The summed E-state index contributed by atoms with van der Waals surface area (Å²) in [4.78, 5) is 22.0.